The van der Waals surface area contributed by atoms with E-state index >= 15 is 0 Å². The summed E-state index contributed by atoms with van der Waals surface area (Å²) < 4.78 is 0. The van der Waals surface area contributed by atoms with Gasteiger partial charge in [-0.25, -0.2) is 0 Å². The van der Waals surface area contributed by atoms with Gasteiger partial charge in [-0.15, -0.1) is 0 Å². The van der Waals surface area contributed by atoms with Crippen molar-refractivity contribution >= 4 is 62.1 Å². The Bertz CT molecular complexity index is 159. The van der Waals surface area contributed by atoms with Crippen LogP contribution in [0.4, 0.5) is 0 Å². The summed E-state index contributed by atoms with van der Waals surface area (Å²) in [6, 6.07) is 2.56. The molecule has 11 heavy (non-hydrogen) atoms. The van der Waals surface area contributed by atoms with E-state index in [0.717, 1.165) is 0 Å². The molecule has 0 atom stereocenters. The third-order valence-corrected chi connectivity index (χ3v) is 0.224. The summed E-state index contributed by atoms with van der Waals surface area (Å²) in [6.45, 7) is 1.76. The van der Waals surface area contributed by atoms with Gasteiger partial charge in [-0.2, -0.15) is 0 Å². The fourth-order valence-corrected chi connectivity index (χ4v) is 0. The Labute approximate surface area is 85.8 Å². The van der Waals surface area contributed by atoms with E-state index in [4.69, 9.17) is 53.0 Å². The number of rotatable bonds is 0. The summed E-state index contributed by atoms with van der Waals surface area (Å²) in [5.74, 6) is 0. The van der Waals surface area contributed by atoms with Crippen LogP contribution in [-0.2, 0) is 0 Å². The fourth-order valence-electron chi connectivity index (χ4n) is 0. The zero-order valence-electron chi connectivity index (χ0n) is 5.66. The average molecular weight is 391 g/mol. The molecule has 0 aliphatic carbocycles. The van der Waals surface area contributed by atoms with Crippen LogP contribution in [0.5, 0.6) is 0 Å². The van der Waals surface area contributed by atoms with Crippen LogP contribution in [0.2, 0.25) is 0 Å². The van der Waals surface area contributed by atoms with E-state index in [-0.39, 0.29) is 0 Å². The third kappa shape index (κ3) is 131. The molecule has 8 heteroatoms. The maximum absolute atomic E-state index is 5.42. The topological polar surface area (TPSA) is 4.36 Å². The van der Waals surface area contributed by atoms with E-state index < -0.39 is 9.14 Å². The van der Waals surface area contributed by atoms with Crippen molar-refractivity contribution in [2.24, 2.45) is 0 Å². The van der Waals surface area contributed by atoms with Crippen molar-refractivity contribution in [2.45, 2.75) is 6.92 Å². The van der Waals surface area contributed by atoms with E-state index in [1.165, 1.54) is 0 Å². The quantitative estimate of drug-likeness (QED) is 0.527. The molecule has 0 saturated carbocycles. The van der Waals surface area contributed by atoms with Crippen LogP contribution in [0.15, 0.2) is 0 Å². The summed E-state index contributed by atoms with van der Waals surface area (Å²) in [7, 11) is 26.7. The molecule has 0 heterocycles. The molecule has 0 N–H and O–H groups in total. The normalized spacial score (nSPS) is 16.0. The van der Waals surface area contributed by atoms with E-state index in [0.29, 0.717) is 0 Å². The van der Waals surface area contributed by atoms with Gasteiger partial charge >= 0.3 is 62.1 Å². The second kappa shape index (κ2) is 4.05. The molecule has 0 spiro atoms. The van der Waals surface area contributed by atoms with Gasteiger partial charge in [-0.1, -0.05) is 4.85 Å². The molecular weight excluding hydrogens is 385 g/mol. The SMILES string of the molecule is CC#[N+]C.[Cl][Sb-]([Cl])([Cl])([Cl])([Cl])[Cl]. The summed E-state index contributed by atoms with van der Waals surface area (Å²) in [6.07, 6.45) is 0. The molecule has 0 aliphatic rings. The zero-order chi connectivity index (χ0) is 9.82. The molecule has 0 radical (unpaired) electrons. The fraction of sp³-hybridized carbons (Fsp3) is 0.667. The first-order valence-electron chi connectivity index (χ1n) is 2.19. The van der Waals surface area contributed by atoms with Gasteiger partial charge in [0.1, 0.15) is 0 Å². The maximum atomic E-state index is 5.06. The van der Waals surface area contributed by atoms with E-state index in [2.05, 4.69) is 10.9 Å². The van der Waals surface area contributed by atoms with Crippen LogP contribution >= 0.6 is 53.0 Å². The van der Waals surface area contributed by atoms with Gasteiger partial charge < -0.3 is 0 Å². The van der Waals surface area contributed by atoms with Crippen molar-refractivity contribution in [3.63, 3.8) is 0 Å². The van der Waals surface area contributed by atoms with Crippen LogP contribution in [0.25, 0.3) is 4.85 Å². The Morgan fingerprint density at radius 3 is 1.09 bits per heavy atom. The first-order valence-corrected chi connectivity index (χ1v) is 21.6. The molecule has 0 aliphatic heterocycles. The van der Waals surface area contributed by atoms with Gasteiger partial charge in [0.05, 0.1) is 6.92 Å². The Kier molecular flexibility index (Phi) is 5.72. The van der Waals surface area contributed by atoms with Crippen LogP contribution in [0, 0.1) is 6.07 Å². The van der Waals surface area contributed by atoms with Crippen molar-refractivity contribution in [1.82, 2.24) is 0 Å². The van der Waals surface area contributed by atoms with Crippen molar-refractivity contribution in [3.8, 4) is 6.07 Å². The van der Waals surface area contributed by atoms with Crippen LogP contribution in [0.1, 0.15) is 6.92 Å². The predicted molar refractivity (Wildman–Crippen MR) is 59.7 cm³/mol. The molecule has 0 bridgehead atoms. The summed E-state index contributed by atoms with van der Waals surface area (Å²) in [5, 5.41) is 0. The van der Waals surface area contributed by atoms with Gasteiger partial charge in [0.15, 0.2) is 0 Å². The van der Waals surface area contributed by atoms with Crippen LogP contribution in [0.3, 0.4) is 0 Å². The number of hydrogen-bond acceptors (Lipinski definition) is 0. The Hall–Kier alpha value is 2.05. The number of hydrogen-bond donors (Lipinski definition) is 0. The third-order valence-electron chi connectivity index (χ3n) is 0.224. The Balaban J connectivity index is 0. The van der Waals surface area contributed by atoms with Gasteiger partial charge in [0.25, 0.3) is 13.1 Å². The van der Waals surface area contributed by atoms with Crippen molar-refractivity contribution < 1.29 is 0 Å². The second-order valence-corrected chi connectivity index (χ2v) is 58.3. The molecule has 0 rings (SSSR count). The first-order chi connectivity index (χ1) is 4.36. The average Bonchev–Trinajstić information content (AvgIpc) is 1.57. The first kappa shape index (κ1) is 15.5. The van der Waals surface area contributed by atoms with Crippen molar-refractivity contribution in [1.29, 1.82) is 0 Å². The van der Waals surface area contributed by atoms with Crippen LogP contribution in [-0.4, -0.2) is 16.2 Å². The molecule has 0 fully saturated rings. The predicted octanol–water partition coefficient (Wildman–Crippen LogP) is 4.73. The summed E-state index contributed by atoms with van der Waals surface area (Å²) >= 11 is 0. The Morgan fingerprint density at radius 1 is 1.00 bits per heavy atom. The Morgan fingerprint density at radius 2 is 1.09 bits per heavy atom. The summed E-state index contributed by atoms with van der Waals surface area (Å²) in [5.41, 5.74) is 0. The number of halogens is 6. The molecule has 0 saturated heterocycles. The molecule has 0 amide bonds. The van der Waals surface area contributed by atoms with Crippen molar-refractivity contribution in [2.75, 3.05) is 7.05 Å². The molecule has 0 unspecified atom stereocenters. The molecule has 1 nitrogen and oxygen atoms in total. The van der Waals surface area contributed by atoms with Gasteiger partial charge in [0.2, 0.25) is 0 Å². The van der Waals surface area contributed by atoms with Gasteiger partial charge in [-0.3, -0.25) is 0 Å². The minimum atomic E-state index is -5.42. The zero-order valence-corrected chi connectivity index (χ0v) is 12.8. The van der Waals surface area contributed by atoms with E-state index in [1.807, 2.05) is 0 Å². The van der Waals surface area contributed by atoms with E-state index in [9.17, 15) is 0 Å². The minimum absolute atomic E-state index is 1.69. The van der Waals surface area contributed by atoms with E-state index in [1.54, 1.807) is 14.0 Å². The summed E-state index contributed by atoms with van der Waals surface area (Å²) in [4.78, 5) is 3.49. The second-order valence-electron chi connectivity index (χ2n) is 1.41. The molecule has 0 aromatic heterocycles. The molecular formula is C3H6Cl6NSb. The molecule has 0 aromatic carbocycles. The standard InChI is InChI=1S/C3H6N.6ClH.Sb/c1-3-4-2;;;;;;;/h1-2H3;6*1H;/q+1;;;;;;;+5/p-6. The van der Waals surface area contributed by atoms with Crippen LogP contribution < -0.4 is 0 Å². The monoisotopic (exact) mass is 387 g/mol. The van der Waals surface area contributed by atoms with Crippen molar-refractivity contribution in [3.05, 3.63) is 4.85 Å². The number of nitrogens with zero attached hydrogens (tertiary/aromatic N) is 1. The van der Waals surface area contributed by atoms with Gasteiger partial charge in [0, 0.05) is 0 Å². The molecule has 70 valence electrons. The molecule has 0 aromatic rings. The van der Waals surface area contributed by atoms with Gasteiger partial charge in [-0.05, 0) is 0 Å².